The van der Waals surface area contributed by atoms with E-state index in [1.165, 1.54) is 5.56 Å². The molecular weight excluding hydrogens is 342 g/mol. The Morgan fingerprint density at radius 2 is 1.93 bits per heavy atom. The fourth-order valence-electron chi connectivity index (χ4n) is 3.36. The van der Waals surface area contributed by atoms with Crippen LogP contribution in [0.3, 0.4) is 0 Å². The van der Waals surface area contributed by atoms with Crippen LogP contribution in [0.5, 0.6) is 11.8 Å². The van der Waals surface area contributed by atoms with E-state index in [0.29, 0.717) is 24.7 Å². The summed E-state index contributed by atoms with van der Waals surface area (Å²) < 4.78 is 11.1. The molecule has 3 rings (SSSR count). The van der Waals surface area contributed by atoms with Gasteiger partial charge in [-0.1, -0.05) is 30.3 Å². The second-order valence-corrected chi connectivity index (χ2v) is 6.79. The molecule has 1 saturated heterocycles. The number of hydrogen-bond acceptors (Lipinski definition) is 5. The Bertz CT molecular complexity index is 724. The lowest BCUT2D eigenvalue weighted by molar-refractivity contribution is -0.134. The Hall–Kier alpha value is -2.63. The molecule has 0 N–H and O–H groups in total. The highest BCUT2D eigenvalue weighted by Crippen LogP contribution is 2.24. The minimum atomic E-state index is -0.0716. The van der Waals surface area contributed by atoms with E-state index in [-0.39, 0.29) is 12.0 Å². The molecule has 1 unspecified atom stereocenters. The van der Waals surface area contributed by atoms with Gasteiger partial charge in [0.1, 0.15) is 6.10 Å². The summed E-state index contributed by atoms with van der Waals surface area (Å²) in [5.74, 6) is 0.978. The van der Waals surface area contributed by atoms with Gasteiger partial charge in [-0.2, -0.15) is 0 Å². The number of carbonyl (C=O) groups excluding carboxylic acids is 1. The second-order valence-electron chi connectivity index (χ2n) is 6.79. The number of rotatable bonds is 8. The van der Waals surface area contributed by atoms with Crippen molar-refractivity contribution in [3.63, 3.8) is 0 Å². The predicted molar refractivity (Wildman–Crippen MR) is 103 cm³/mol. The zero-order chi connectivity index (χ0) is 18.9. The van der Waals surface area contributed by atoms with E-state index in [2.05, 4.69) is 34.2 Å². The van der Waals surface area contributed by atoms with E-state index in [0.717, 1.165) is 38.6 Å². The number of methoxy groups -OCH3 is 1. The van der Waals surface area contributed by atoms with Crippen LogP contribution in [0.4, 0.5) is 0 Å². The number of benzene rings is 1. The van der Waals surface area contributed by atoms with Crippen LogP contribution in [-0.2, 0) is 11.2 Å². The van der Waals surface area contributed by atoms with Gasteiger partial charge in [0.25, 0.3) is 11.8 Å². The van der Waals surface area contributed by atoms with Crippen LogP contribution in [0.1, 0.15) is 37.7 Å². The molecule has 0 bridgehead atoms. The van der Waals surface area contributed by atoms with Gasteiger partial charge in [0.05, 0.1) is 13.7 Å². The summed E-state index contributed by atoms with van der Waals surface area (Å²) in [4.78, 5) is 22.8. The molecule has 1 atom stereocenters. The van der Waals surface area contributed by atoms with Crippen LogP contribution in [0.15, 0.2) is 42.7 Å². The SMILES string of the molecule is COc1nccnc1OC1CCCN(C(=O)CCCCc2ccccc2)C1. The number of unbranched alkanes of at least 4 members (excludes halogenated alkanes) is 1. The molecule has 1 fully saturated rings. The Balaban J connectivity index is 1.43. The molecule has 1 aromatic heterocycles. The van der Waals surface area contributed by atoms with E-state index in [9.17, 15) is 4.79 Å². The first-order valence-electron chi connectivity index (χ1n) is 9.59. The van der Waals surface area contributed by atoms with Gasteiger partial charge in [-0.15, -0.1) is 0 Å². The van der Waals surface area contributed by atoms with Crippen LogP contribution in [0.2, 0.25) is 0 Å². The first-order valence-corrected chi connectivity index (χ1v) is 9.59. The first kappa shape index (κ1) is 19.1. The Morgan fingerprint density at radius 1 is 1.15 bits per heavy atom. The van der Waals surface area contributed by atoms with Crippen molar-refractivity contribution in [3.05, 3.63) is 48.3 Å². The molecule has 27 heavy (non-hydrogen) atoms. The van der Waals surface area contributed by atoms with Gasteiger partial charge in [0.15, 0.2) is 0 Å². The highest BCUT2D eigenvalue weighted by atomic mass is 16.5. The molecule has 0 saturated carbocycles. The van der Waals surface area contributed by atoms with Gasteiger partial charge in [0.2, 0.25) is 5.91 Å². The molecule has 6 nitrogen and oxygen atoms in total. The maximum atomic E-state index is 12.5. The van der Waals surface area contributed by atoms with Crippen molar-refractivity contribution in [1.29, 1.82) is 0 Å². The summed E-state index contributed by atoms with van der Waals surface area (Å²) >= 11 is 0. The molecule has 1 aromatic carbocycles. The molecular formula is C21H27N3O3. The van der Waals surface area contributed by atoms with Gasteiger partial charge in [-0.05, 0) is 37.7 Å². The smallest absolute Gasteiger partial charge is 0.278 e. The Morgan fingerprint density at radius 3 is 2.70 bits per heavy atom. The van der Waals surface area contributed by atoms with Crippen molar-refractivity contribution in [1.82, 2.24) is 14.9 Å². The van der Waals surface area contributed by atoms with E-state index >= 15 is 0 Å². The number of carbonyl (C=O) groups is 1. The van der Waals surface area contributed by atoms with Crippen LogP contribution in [0.25, 0.3) is 0 Å². The van der Waals surface area contributed by atoms with E-state index in [1.807, 2.05) is 11.0 Å². The number of aromatic nitrogens is 2. The minimum Gasteiger partial charge on any atom is -0.477 e. The summed E-state index contributed by atoms with van der Waals surface area (Å²) in [6.07, 6.45) is 8.46. The average Bonchev–Trinajstić information content (AvgIpc) is 2.72. The lowest BCUT2D eigenvalue weighted by atomic mass is 10.1. The van der Waals surface area contributed by atoms with E-state index in [4.69, 9.17) is 9.47 Å². The Kier molecular flexibility index (Phi) is 7.02. The number of likely N-dealkylation sites (tertiary alicyclic amines) is 1. The summed E-state index contributed by atoms with van der Waals surface area (Å²) in [6.45, 7) is 1.40. The quantitative estimate of drug-likeness (QED) is 0.668. The maximum Gasteiger partial charge on any atom is 0.278 e. The molecule has 6 heteroatoms. The van der Waals surface area contributed by atoms with Crippen LogP contribution in [-0.4, -0.2) is 47.1 Å². The monoisotopic (exact) mass is 369 g/mol. The number of amides is 1. The summed E-state index contributed by atoms with van der Waals surface area (Å²) in [6, 6.07) is 10.4. The van der Waals surface area contributed by atoms with Crippen molar-refractivity contribution < 1.29 is 14.3 Å². The molecule has 0 aliphatic carbocycles. The lowest BCUT2D eigenvalue weighted by Gasteiger charge is -2.32. The van der Waals surface area contributed by atoms with Crippen molar-refractivity contribution >= 4 is 5.91 Å². The van der Waals surface area contributed by atoms with Gasteiger partial charge in [-0.3, -0.25) is 4.79 Å². The first-order chi connectivity index (χ1) is 13.3. The molecule has 2 aromatic rings. The molecule has 1 aliphatic heterocycles. The number of piperidine rings is 1. The number of ether oxygens (including phenoxy) is 2. The third-order valence-corrected chi connectivity index (χ3v) is 4.78. The molecule has 0 spiro atoms. The molecule has 2 heterocycles. The van der Waals surface area contributed by atoms with Gasteiger partial charge in [-0.25, -0.2) is 9.97 Å². The van der Waals surface area contributed by atoms with Gasteiger partial charge in [0, 0.05) is 25.4 Å². The molecule has 1 aliphatic rings. The highest BCUT2D eigenvalue weighted by Gasteiger charge is 2.25. The van der Waals surface area contributed by atoms with Crippen molar-refractivity contribution in [2.24, 2.45) is 0 Å². The zero-order valence-corrected chi connectivity index (χ0v) is 15.8. The van der Waals surface area contributed by atoms with Crippen molar-refractivity contribution in [2.75, 3.05) is 20.2 Å². The van der Waals surface area contributed by atoms with Crippen molar-refractivity contribution in [2.45, 2.75) is 44.6 Å². The molecule has 144 valence electrons. The third kappa shape index (κ3) is 5.67. The predicted octanol–water partition coefficient (Wildman–Crippen LogP) is 3.27. The van der Waals surface area contributed by atoms with Gasteiger partial charge >= 0.3 is 0 Å². The number of hydrogen-bond donors (Lipinski definition) is 0. The fourth-order valence-corrected chi connectivity index (χ4v) is 3.36. The molecule has 0 radical (unpaired) electrons. The Labute approximate surface area is 160 Å². The number of nitrogens with zero attached hydrogens (tertiary/aromatic N) is 3. The maximum absolute atomic E-state index is 12.5. The summed E-state index contributed by atoms with van der Waals surface area (Å²) in [5, 5.41) is 0. The standard InChI is InChI=1S/C21H27N3O3/c1-26-20-21(23-14-13-22-20)27-18-11-7-15-24(16-18)19(25)12-6-5-10-17-8-3-2-4-9-17/h2-4,8-9,13-14,18H,5-7,10-12,15-16H2,1H3. The highest BCUT2D eigenvalue weighted by molar-refractivity contribution is 5.76. The molecule has 1 amide bonds. The van der Waals surface area contributed by atoms with E-state index < -0.39 is 0 Å². The van der Waals surface area contributed by atoms with Crippen LogP contribution < -0.4 is 9.47 Å². The van der Waals surface area contributed by atoms with Crippen molar-refractivity contribution in [3.8, 4) is 11.8 Å². The second kappa shape index (κ2) is 9.90. The lowest BCUT2D eigenvalue weighted by Crippen LogP contribution is -2.44. The fraction of sp³-hybridized carbons (Fsp3) is 0.476. The third-order valence-electron chi connectivity index (χ3n) is 4.78. The zero-order valence-electron chi connectivity index (χ0n) is 15.8. The van der Waals surface area contributed by atoms with Crippen LogP contribution >= 0.6 is 0 Å². The van der Waals surface area contributed by atoms with E-state index in [1.54, 1.807) is 19.5 Å². The van der Waals surface area contributed by atoms with Crippen LogP contribution in [0, 0.1) is 0 Å². The normalized spacial score (nSPS) is 16.8. The van der Waals surface area contributed by atoms with Gasteiger partial charge < -0.3 is 14.4 Å². The summed E-state index contributed by atoms with van der Waals surface area (Å²) in [7, 11) is 1.54. The largest absolute Gasteiger partial charge is 0.477 e. The minimum absolute atomic E-state index is 0.0716. The summed E-state index contributed by atoms with van der Waals surface area (Å²) in [5.41, 5.74) is 1.33. The topological polar surface area (TPSA) is 64.6 Å². The average molecular weight is 369 g/mol. The number of aryl methyl sites for hydroxylation is 1.